The highest BCUT2D eigenvalue weighted by Crippen LogP contribution is 2.29. The Kier molecular flexibility index (Phi) is 6.31. The molecular formula is C23H22FN5O5S. The standard InChI is InChI=1S/C23H22FN5O5S/c1-23(17-4-2-16(14-25)3-5-17)21(31)29(22(32)26-23)15-20(30)27-10-12-28(13-11-27)35(33,34)19-8-6-18(24)7-9-19/h2-9H,10-13,15H2,1H3,(H,26,32). The van der Waals surface area contributed by atoms with Gasteiger partial charge >= 0.3 is 6.03 Å². The summed E-state index contributed by atoms with van der Waals surface area (Å²) >= 11 is 0. The molecule has 1 N–H and O–H groups in total. The molecule has 2 saturated heterocycles. The van der Waals surface area contributed by atoms with Gasteiger partial charge in [-0.05, 0) is 48.9 Å². The summed E-state index contributed by atoms with van der Waals surface area (Å²) in [5, 5.41) is 11.6. The van der Waals surface area contributed by atoms with Crippen LogP contribution in [-0.4, -0.2) is 73.1 Å². The Balaban J connectivity index is 1.39. The first kappa shape index (κ1) is 24.3. The minimum atomic E-state index is -3.84. The zero-order valence-corrected chi connectivity index (χ0v) is 19.6. The van der Waals surface area contributed by atoms with Gasteiger partial charge in [-0.3, -0.25) is 14.5 Å². The lowest BCUT2D eigenvalue weighted by Crippen LogP contribution is -2.53. The van der Waals surface area contributed by atoms with E-state index in [1.165, 1.54) is 40.4 Å². The normalized spacial score (nSPS) is 21.1. The van der Waals surface area contributed by atoms with Crippen LogP contribution in [0, 0.1) is 17.1 Å². The number of urea groups is 1. The lowest BCUT2D eigenvalue weighted by Gasteiger charge is -2.34. The number of carbonyl (C=O) groups excluding carboxylic acids is 3. The predicted octanol–water partition coefficient (Wildman–Crippen LogP) is 0.997. The van der Waals surface area contributed by atoms with E-state index in [-0.39, 0.29) is 31.1 Å². The SMILES string of the molecule is CC1(c2ccc(C#N)cc2)NC(=O)N(CC(=O)N2CCN(S(=O)(=O)c3ccc(F)cc3)CC2)C1=O. The molecule has 2 fully saturated rings. The zero-order valence-electron chi connectivity index (χ0n) is 18.8. The molecule has 0 aromatic heterocycles. The lowest BCUT2D eigenvalue weighted by atomic mass is 9.91. The van der Waals surface area contributed by atoms with Gasteiger partial charge in [0, 0.05) is 26.2 Å². The summed E-state index contributed by atoms with van der Waals surface area (Å²) in [6.07, 6.45) is 0. The van der Waals surface area contributed by atoms with E-state index in [2.05, 4.69) is 5.32 Å². The van der Waals surface area contributed by atoms with Crippen LogP contribution in [0.4, 0.5) is 9.18 Å². The van der Waals surface area contributed by atoms with E-state index in [9.17, 15) is 27.2 Å². The minimum absolute atomic E-state index is 0.0224. The van der Waals surface area contributed by atoms with Crippen LogP contribution < -0.4 is 5.32 Å². The van der Waals surface area contributed by atoms with Crippen molar-refractivity contribution in [3.8, 4) is 6.07 Å². The molecule has 2 aromatic carbocycles. The molecule has 35 heavy (non-hydrogen) atoms. The number of nitriles is 1. The number of halogens is 1. The summed E-state index contributed by atoms with van der Waals surface area (Å²) in [5.41, 5.74) is -0.501. The van der Waals surface area contributed by atoms with E-state index < -0.39 is 45.8 Å². The predicted molar refractivity (Wildman–Crippen MR) is 120 cm³/mol. The lowest BCUT2D eigenvalue weighted by molar-refractivity contribution is -0.139. The Labute approximate surface area is 201 Å². The number of benzene rings is 2. The average molecular weight is 500 g/mol. The highest BCUT2D eigenvalue weighted by molar-refractivity contribution is 7.89. The van der Waals surface area contributed by atoms with Crippen LogP contribution in [-0.2, 0) is 25.2 Å². The fourth-order valence-corrected chi connectivity index (χ4v) is 5.51. The fourth-order valence-electron chi connectivity index (χ4n) is 4.08. The van der Waals surface area contributed by atoms with Gasteiger partial charge in [-0.25, -0.2) is 17.6 Å². The van der Waals surface area contributed by atoms with E-state index in [0.717, 1.165) is 17.0 Å². The Hall–Kier alpha value is -3.82. The molecule has 1 unspecified atom stereocenters. The summed E-state index contributed by atoms with van der Waals surface area (Å²) in [6.45, 7) is 1.24. The summed E-state index contributed by atoms with van der Waals surface area (Å²) in [4.78, 5) is 40.6. The maximum absolute atomic E-state index is 13.1. The topological polar surface area (TPSA) is 131 Å². The van der Waals surface area contributed by atoms with Gasteiger partial charge in [0.15, 0.2) is 0 Å². The van der Waals surface area contributed by atoms with Crippen LogP contribution in [0.15, 0.2) is 53.4 Å². The molecule has 2 aliphatic rings. The van der Waals surface area contributed by atoms with Crippen LogP contribution in [0.3, 0.4) is 0 Å². The van der Waals surface area contributed by atoms with Gasteiger partial charge < -0.3 is 10.2 Å². The minimum Gasteiger partial charge on any atom is -0.338 e. The Morgan fingerprint density at radius 1 is 1.06 bits per heavy atom. The molecule has 182 valence electrons. The van der Waals surface area contributed by atoms with Gasteiger partial charge in [0.05, 0.1) is 16.5 Å². The van der Waals surface area contributed by atoms with E-state index in [1.807, 2.05) is 6.07 Å². The molecule has 0 radical (unpaired) electrons. The van der Waals surface area contributed by atoms with Crippen molar-refractivity contribution in [1.29, 1.82) is 5.26 Å². The second-order valence-corrected chi connectivity index (χ2v) is 10.3. The molecule has 2 aliphatic heterocycles. The van der Waals surface area contributed by atoms with E-state index in [1.54, 1.807) is 12.1 Å². The van der Waals surface area contributed by atoms with Gasteiger partial charge in [0.1, 0.15) is 17.9 Å². The Morgan fingerprint density at radius 3 is 2.23 bits per heavy atom. The molecule has 1 atom stereocenters. The smallest absolute Gasteiger partial charge is 0.325 e. The summed E-state index contributed by atoms with van der Waals surface area (Å²) < 4.78 is 39.9. The fraction of sp³-hybridized carbons (Fsp3) is 0.304. The van der Waals surface area contributed by atoms with Crippen LogP contribution >= 0.6 is 0 Å². The van der Waals surface area contributed by atoms with Gasteiger partial charge in [0.2, 0.25) is 15.9 Å². The van der Waals surface area contributed by atoms with Crippen molar-refractivity contribution in [1.82, 2.24) is 19.4 Å². The molecule has 0 spiro atoms. The zero-order chi connectivity index (χ0) is 25.4. The maximum atomic E-state index is 13.1. The number of piperazine rings is 1. The second kappa shape index (κ2) is 9.09. The van der Waals surface area contributed by atoms with Crippen molar-refractivity contribution in [2.45, 2.75) is 17.4 Å². The van der Waals surface area contributed by atoms with Crippen molar-refractivity contribution in [3.63, 3.8) is 0 Å². The maximum Gasteiger partial charge on any atom is 0.325 e. The number of nitrogens with one attached hydrogen (secondary N) is 1. The molecule has 0 aliphatic carbocycles. The van der Waals surface area contributed by atoms with Gasteiger partial charge in [-0.15, -0.1) is 0 Å². The summed E-state index contributed by atoms with van der Waals surface area (Å²) in [5.74, 6) is -1.63. The number of rotatable bonds is 5. The third-order valence-corrected chi connectivity index (χ3v) is 8.12. The Morgan fingerprint density at radius 2 is 1.66 bits per heavy atom. The second-order valence-electron chi connectivity index (χ2n) is 8.37. The molecule has 0 saturated carbocycles. The van der Waals surface area contributed by atoms with Crippen molar-refractivity contribution in [3.05, 3.63) is 65.5 Å². The molecule has 4 amide bonds. The van der Waals surface area contributed by atoms with Crippen molar-refractivity contribution < 1.29 is 27.2 Å². The highest BCUT2D eigenvalue weighted by atomic mass is 32.2. The number of carbonyl (C=O) groups is 3. The molecular weight excluding hydrogens is 477 g/mol. The first-order chi connectivity index (χ1) is 16.6. The number of hydrogen-bond donors (Lipinski definition) is 1. The number of imide groups is 1. The van der Waals surface area contributed by atoms with Gasteiger partial charge in [0.25, 0.3) is 5.91 Å². The Bertz CT molecular complexity index is 1320. The number of nitrogens with zero attached hydrogens (tertiary/aromatic N) is 4. The largest absolute Gasteiger partial charge is 0.338 e. The average Bonchev–Trinajstić information content (AvgIpc) is 3.08. The molecule has 10 nitrogen and oxygen atoms in total. The highest BCUT2D eigenvalue weighted by Gasteiger charge is 2.49. The van der Waals surface area contributed by atoms with Gasteiger partial charge in [-0.1, -0.05) is 12.1 Å². The number of amides is 4. The van der Waals surface area contributed by atoms with Crippen LogP contribution in [0.2, 0.25) is 0 Å². The van der Waals surface area contributed by atoms with Gasteiger partial charge in [-0.2, -0.15) is 9.57 Å². The molecule has 2 heterocycles. The molecule has 4 rings (SSSR count). The van der Waals surface area contributed by atoms with Crippen LogP contribution in [0.1, 0.15) is 18.1 Å². The number of hydrogen-bond acceptors (Lipinski definition) is 6. The molecule has 0 bridgehead atoms. The van der Waals surface area contributed by atoms with Crippen molar-refractivity contribution >= 4 is 27.9 Å². The van der Waals surface area contributed by atoms with Crippen LogP contribution in [0.25, 0.3) is 0 Å². The van der Waals surface area contributed by atoms with E-state index in [4.69, 9.17) is 5.26 Å². The van der Waals surface area contributed by atoms with Crippen LogP contribution in [0.5, 0.6) is 0 Å². The monoisotopic (exact) mass is 499 g/mol. The summed E-state index contributed by atoms with van der Waals surface area (Å²) in [6, 6.07) is 12.0. The third-order valence-electron chi connectivity index (χ3n) is 6.20. The number of sulfonamides is 1. The van der Waals surface area contributed by atoms with Crippen molar-refractivity contribution in [2.24, 2.45) is 0 Å². The molecule has 2 aromatic rings. The quantitative estimate of drug-likeness (QED) is 0.611. The third kappa shape index (κ3) is 4.48. The summed E-state index contributed by atoms with van der Waals surface area (Å²) in [7, 11) is -3.84. The first-order valence-corrected chi connectivity index (χ1v) is 12.2. The van der Waals surface area contributed by atoms with E-state index >= 15 is 0 Å². The van der Waals surface area contributed by atoms with Crippen molar-refractivity contribution in [2.75, 3.05) is 32.7 Å². The van der Waals surface area contributed by atoms with E-state index in [0.29, 0.717) is 11.1 Å². The molecule has 12 heteroatoms. The first-order valence-electron chi connectivity index (χ1n) is 10.7.